The Hall–Kier alpha value is -2.94. The van der Waals surface area contributed by atoms with Crippen molar-refractivity contribution in [2.24, 2.45) is 0 Å². The number of hydrogen-bond acceptors (Lipinski definition) is 6. The molecule has 0 radical (unpaired) electrons. The molecule has 9 nitrogen and oxygen atoms in total. The standard InChI is InChI=1S/C17H22N4O5/c1-2-8-21(17(25)26-12-13-6-4-3-5-7-13)15(16(23)24)14-11-20(9-10-22)19-18-14/h3-7,11,15,22H,2,8-10,12H2,1H3,(H,23,24). The van der Waals surface area contributed by atoms with Crippen molar-refractivity contribution in [2.75, 3.05) is 13.2 Å². The number of benzene rings is 1. The summed E-state index contributed by atoms with van der Waals surface area (Å²) < 4.78 is 6.60. The van der Waals surface area contributed by atoms with Crippen LogP contribution in [0.5, 0.6) is 0 Å². The number of carboxylic acid groups (broad SMARTS) is 1. The molecule has 0 bridgehead atoms. The van der Waals surface area contributed by atoms with E-state index in [1.165, 1.54) is 10.9 Å². The second kappa shape index (κ2) is 9.52. The van der Waals surface area contributed by atoms with Crippen LogP contribution in [0.15, 0.2) is 36.5 Å². The smallest absolute Gasteiger partial charge is 0.411 e. The summed E-state index contributed by atoms with van der Waals surface area (Å²) in [6.45, 7) is 2.10. The number of ether oxygens (including phenoxy) is 1. The maximum Gasteiger partial charge on any atom is 0.411 e. The third-order valence-electron chi connectivity index (χ3n) is 3.62. The molecule has 2 rings (SSSR count). The van der Waals surface area contributed by atoms with Crippen LogP contribution in [0.3, 0.4) is 0 Å². The molecule has 1 aromatic carbocycles. The van der Waals surface area contributed by atoms with Gasteiger partial charge in [0.15, 0.2) is 6.04 Å². The number of carboxylic acids is 1. The van der Waals surface area contributed by atoms with E-state index in [1.807, 2.05) is 37.3 Å². The molecule has 140 valence electrons. The summed E-state index contributed by atoms with van der Waals surface area (Å²) >= 11 is 0. The largest absolute Gasteiger partial charge is 0.479 e. The van der Waals surface area contributed by atoms with E-state index in [0.29, 0.717) is 6.42 Å². The van der Waals surface area contributed by atoms with Crippen LogP contribution in [-0.4, -0.2) is 55.3 Å². The summed E-state index contributed by atoms with van der Waals surface area (Å²) in [5, 5.41) is 26.2. The van der Waals surface area contributed by atoms with Crippen molar-refractivity contribution in [3.63, 3.8) is 0 Å². The molecule has 1 unspecified atom stereocenters. The van der Waals surface area contributed by atoms with Crippen LogP contribution < -0.4 is 0 Å². The first kappa shape index (κ1) is 19.4. The lowest BCUT2D eigenvalue weighted by atomic mass is 10.2. The summed E-state index contributed by atoms with van der Waals surface area (Å²) in [6.07, 6.45) is 1.22. The molecule has 1 atom stereocenters. The van der Waals surface area contributed by atoms with Crippen molar-refractivity contribution >= 4 is 12.1 Å². The highest BCUT2D eigenvalue weighted by atomic mass is 16.6. The number of aliphatic carboxylic acids is 1. The molecule has 0 saturated heterocycles. The topological polar surface area (TPSA) is 118 Å². The van der Waals surface area contributed by atoms with E-state index in [1.54, 1.807) is 0 Å². The zero-order valence-electron chi connectivity index (χ0n) is 14.5. The zero-order valence-corrected chi connectivity index (χ0v) is 14.5. The average Bonchev–Trinajstić information content (AvgIpc) is 3.08. The van der Waals surface area contributed by atoms with E-state index in [9.17, 15) is 14.7 Å². The van der Waals surface area contributed by atoms with Gasteiger partial charge in [-0.2, -0.15) is 0 Å². The molecular formula is C17H22N4O5. The predicted molar refractivity (Wildman–Crippen MR) is 91.1 cm³/mol. The second-order valence-electron chi connectivity index (χ2n) is 5.60. The Morgan fingerprint density at radius 2 is 2.04 bits per heavy atom. The molecule has 0 aliphatic rings. The first-order valence-corrected chi connectivity index (χ1v) is 8.27. The SMILES string of the molecule is CCCN(C(=O)OCc1ccccc1)C(C(=O)O)c1cn(CCO)nn1. The molecule has 2 aromatic rings. The predicted octanol–water partition coefficient (Wildman–Crippen LogP) is 1.44. The van der Waals surface area contributed by atoms with Crippen molar-refractivity contribution in [1.29, 1.82) is 0 Å². The summed E-state index contributed by atoms with van der Waals surface area (Å²) in [5.41, 5.74) is 0.911. The highest BCUT2D eigenvalue weighted by Crippen LogP contribution is 2.21. The van der Waals surface area contributed by atoms with Crippen LogP contribution in [0.1, 0.15) is 30.6 Å². The molecule has 9 heteroatoms. The third-order valence-corrected chi connectivity index (χ3v) is 3.62. The summed E-state index contributed by atoms with van der Waals surface area (Å²) in [5.74, 6) is -1.23. The van der Waals surface area contributed by atoms with E-state index in [-0.39, 0.29) is 32.0 Å². The van der Waals surface area contributed by atoms with Crippen molar-refractivity contribution in [3.05, 3.63) is 47.8 Å². The van der Waals surface area contributed by atoms with Gasteiger partial charge in [0.1, 0.15) is 12.3 Å². The Bertz CT molecular complexity index is 719. The number of carbonyl (C=O) groups excluding carboxylic acids is 1. The van der Waals surface area contributed by atoms with Crippen LogP contribution >= 0.6 is 0 Å². The van der Waals surface area contributed by atoms with Gasteiger partial charge in [0.25, 0.3) is 0 Å². The molecule has 0 aliphatic heterocycles. The molecule has 0 fully saturated rings. The molecule has 2 N–H and O–H groups in total. The monoisotopic (exact) mass is 362 g/mol. The minimum absolute atomic E-state index is 0.0451. The van der Waals surface area contributed by atoms with Gasteiger partial charge in [-0.25, -0.2) is 14.3 Å². The molecular weight excluding hydrogens is 340 g/mol. The van der Waals surface area contributed by atoms with E-state index in [4.69, 9.17) is 9.84 Å². The first-order valence-electron chi connectivity index (χ1n) is 8.27. The lowest BCUT2D eigenvalue weighted by Gasteiger charge is -2.26. The van der Waals surface area contributed by atoms with Crippen molar-refractivity contribution < 1.29 is 24.5 Å². The van der Waals surface area contributed by atoms with Crippen LogP contribution in [-0.2, 0) is 22.7 Å². The van der Waals surface area contributed by atoms with Gasteiger partial charge >= 0.3 is 12.1 Å². The van der Waals surface area contributed by atoms with Crippen LogP contribution in [0.2, 0.25) is 0 Å². The maximum atomic E-state index is 12.5. The Morgan fingerprint density at radius 1 is 1.31 bits per heavy atom. The third kappa shape index (κ3) is 5.03. The fraction of sp³-hybridized carbons (Fsp3) is 0.412. The quantitative estimate of drug-likeness (QED) is 0.693. The van der Waals surface area contributed by atoms with Gasteiger partial charge in [0, 0.05) is 6.54 Å². The second-order valence-corrected chi connectivity index (χ2v) is 5.60. The van der Waals surface area contributed by atoms with Crippen LogP contribution in [0, 0.1) is 0 Å². The van der Waals surface area contributed by atoms with Gasteiger partial charge < -0.3 is 14.9 Å². The van der Waals surface area contributed by atoms with Gasteiger partial charge in [-0.3, -0.25) is 4.90 Å². The molecule has 0 spiro atoms. The molecule has 0 saturated carbocycles. The Labute approximate surface area is 150 Å². The molecule has 26 heavy (non-hydrogen) atoms. The lowest BCUT2D eigenvalue weighted by molar-refractivity contribution is -0.143. The number of hydrogen-bond donors (Lipinski definition) is 2. The highest BCUT2D eigenvalue weighted by molar-refractivity contribution is 5.81. The Morgan fingerprint density at radius 3 is 2.65 bits per heavy atom. The molecule has 1 aromatic heterocycles. The number of nitrogens with zero attached hydrogens (tertiary/aromatic N) is 4. The maximum absolute atomic E-state index is 12.5. The van der Waals surface area contributed by atoms with Crippen LogP contribution in [0.4, 0.5) is 4.79 Å². The fourth-order valence-electron chi connectivity index (χ4n) is 2.44. The molecule has 1 amide bonds. The highest BCUT2D eigenvalue weighted by Gasteiger charge is 2.34. The van der Waals surface area contributed by atoms with Crippen LogP contribution in [0.25, 0.3) is 0 Å². The number of aromatic nitrogens is 3. The summed E-state index contributed by atoms with van der Waals surface area (Å²) in [4.78, 5) is 25.4. The fourth-order valence-corrected chi connectivity index (χ4v) is 2.44. The van der Waals surface area contributed by atoms with E-state index < -0.39 is 18.1 Å². The zero-order chi connectivity index (χ0) is 18.9. The number of carbonyl (C=O) groups is 2. The van der Waals surface area contributed by atoms with Gasteiger partial charge in [0.05, 0.1) is 19.3 Å². The molecule has 0 aliphatic carbocycles. The minimum Gasteiger partial charge on any atom is -0.479 e. The summed E-state index contributed by atoms with van der Waals surface area (Å²) in [6, 6.07) is 7.81. The number of aliphatic hydroxyl groups excluding tert-OH is 1. The van der Waals surface area contributed by atoms with Crippen molar-refractivity contribution in [2.45, 2.75) is 32.5 Å². The van der Waals surface area contributed by atoms with E-state index >= 15 is 0 Å². The van der Waals surface area contributed by atoms with Crippen molar-refractivity contribution in [3.8, 4) is 0 Å². The number of aliphatic hydroxyl groups is 1. The first-order chi connectivity index (χ1) is 12.6. The van der Waals surface area contributed by atoms with Crippen molar-refractivity contribution in [1.82, 2.24) is 19.9 Å². The average molecular weight is 362 g/mol. The van der Waals surface area contributed by atoms with E-state index in [2.05, 4.69) is 10.3 Å². The molecule has 1 heterocycles. The van der Waals surface area contributed by atoms with Gasteiger partial charge in [0.2, 0.25) is 0 Å². The van der Waals surface area contributed by atoms with E-state index in [0.717, 1.165) is 10.5 Å². The number of amides is 1. The Balaban J connectivity index is 2.16. The lowest BCUT2D eigenvalue weighted by Crippen LogP contribution is -2.40. The Kier molecular flexibility index (Phi) is 7.10. The van der Waals surface area contributed by atoms with Gasteiger partial charge in [-0.05, 0) is 12.0 Å². The van der Waals surface area contributed by atoms with Gasteiger partial charge in [-0.1, -0.05) is 42.5 Å². The minimum atomic E-state index is -1.31. The van der Waals surface area contributed by atoms with Gasteiger partial charge in [-0.15, -0.1) is 5.10 Å². The normalized spacial score (nSPS) is 11.8. The summed E-state index contributed by atoms with van der Waals surface area (Å²) in [7, 11) is 0. The number of rotatable bonds is 9.